The molecule has 0 aliphatic carbocycles. The zero-order chi connectivity index (χ0) is 12.3. The monoisotopic (exact) mass is 232 g/mol. The predicted molar refractivity (Wildman–Crippen MR) is 66.3 cm³/mol. The number of anilines is 1. The summed E-state index contributed by atoms with van der Waals surface area (Å²) in [6, 6.07) is 5.27. The molecular weight excluding hydrogens is 216 g/mol. The highest BCUT2D eigenvalue weighted by molar-refractivity contribution is 6.21. The first-order valence-electron chi connectivity index (χ1n) is 5.96. The number of unbranched alkanes of at least 4 members (excludes halogenated alkanes) is 2. The van der Waals surface area contributed by atoms with Crippen LogP contribution in [0.4, 0.5) is 5.69 Å². The van der Waals surface area contributed by atoms with Gasteiger partial charge < -0.3 is 5.32 Å². The lowest BCUT2D eigenvalue weighted by atomic mass is 10.1. The second-order valence-electron chi connectivity index (χ2n) is 4.18. The Hall–Kier alpha value is -1.84. The summed E-state index contributed by atoms with van der Waals surface area (Å²) in [6.45, 7) is 3.05. The highest BCUT2D eigenvalue weighted by Gasteiger charge is 2.26. The van der Waals surface area contributed by atoms with Crippen LogP contribution < -0.4 is 10.6 Å². The van der Waals surface area contributed by atoms with Crippen molar-refractivity contribution in [3.8, 4) is 0 Å². The van der Waals surface area contributed by atoms with E-state index < -0.39 is 0 Å². The lowest BCUT2D eigenvalue weighted by molar-refractivity contribution is 0.0879. The maximum Gasteiger partial charge on any atom is 0.259 e. The molecule has 1 heterocycles. The number of carbonyl (C=O) groups excluding carboxylic acids is 2. The third kappa shape index (κ3) is 2.46. The Morgan fingerprint density at radius 2 is 1.88 bits per heavy atom. The summed E-state index contributed by atoms with van der Waals surface area (Å²) < 4.78 is 0. The third-order valence-electron chi connectivity index (χ3n) is 2.85. The smallest absolute Gasteiger partial charge is 0.259 e. The minimum absolute atomic E-state index is 0.303. The van der Waals surface area contributed by atoms with E-state index in [4.69, 9.17) is 0 Å². The number of carbonyl (C=O) groups is 2. The Kier molecular flexibility index (Phi) is 3.42. The van der Waals surface area contributed by atoms with Gasteiger partial charge in [0.25, 0.3) is 11.8 Å². The minimum Gasteiger partial charge on any atom is -0.385 e. The normalized spacial score (nSPS) is 13.5. The fourth-order valence-corrected chi connectivity index (χ4v) is 1.89. The van der Waals surface area contributed by atoms with Crippen LogP contribution >= 0.6 is 0 Å². The Morgan fingerprint density at radius 3 is 2.65 bits per heavy atom. The molecule has 0 fully saturated rings. The Bertz CT molecular complexity index is 455. The van der Waals surface area contributed by atoms with Crippen LogP contribution in [0, 0.1) is 0 Å². The van der Waals surface area contributed by atoms with Gasteiger partial charge in [0, 0.05) is 12.2 Å². The molecule has 1 aromatic carbocycles. The molecule has 2 N–H and O–H groups in total. The van der Waals surface area contributed by atoms with Crippen LogP contribution in [0.2, 0.25) is 0 Å². The topological polar surface area (TPSA) is 58.2 Å². The number of benzene rings is 1. The van der Waals surface area contributed by atoms with E-state index in [1.54, 1.807) is 12.1 Å². The van der Waals surface area contributed by atoms with E-state index in [0.717, 1.165) is 18.7 Å². The van der Waals surface area contributed by atoms with Crippen molar-refractivity contribution < 1.29 is 9.59 Å². The molecule has 0 radical (unpaired) electrons. The van der Waals surface area contributed by atoms with Crippen LogP contribution in [0.25, 0.3) is 0 Å². The van der Waals surface area contributed by atoms with Gasteiger partial charge in [-0.05, 0) is 24.6 Å². The molecule has 0 atom stereocenters. The first kappa shape index (κ1) is 11.6. The van der Waals surface area contributed by atoms with Crippen LogP contribution in [0.3, 0.4) is 0 Å². The molecule has 0 spiro atoms. The van der Waals surface area contributed by atoms with Crippen LogP contribution in [0.1, 0.15) is 46.9 Å². The molecule has 2 amide bonds. The fourth-order valence-electron chi connectivity index (χ4n) is 1.89. The van der Waals surface area contributed by atoms with E-state index >= 15 is 0 Å². The van der Waals surface area contributed by atoms with Gasteiger partial charge in [0.1, 0.15) is 0 Å². The van der Waals surface area contributed by atoms with Gasteiger partial charge in [0.2, 0.25) is 0 Å². The van der Waals surface area contributed by atoms with E-state index in [1.165, 1.54) is 12.8 Å². The van der Waals surface area contributed by atoms with E-state index in [9.17, 15) is 9.59 Å². The van der Waals surface area contributed by atoms with Gasteiger partial charge in [0.05, 0.1) is 11.1 Å². The Morgan fingerprint density at radius 1 is 1.12 bits per heavy atom. The largest absolute Gasteiger partial charge is 0.385 e. The summed E-state index contributed by atoms with van der Waals surface area (Å²) >= 11 is 0. The summed E-state index contributed by atoms with van der Waals surface area (Å²) in [7, 11) is 0. The van der Waals surface area contributed by atoms with E-state index in [2.05, 4.69) is 17.6 Å². The number of hydrogen-bond donors (Lipinski definition) is 2. The molecule has 4 nitrogen and oxygen atoms in total. The number of nitrogens with one attached hydrogen (secondary N) is 2. The van der Waals surface area contributed by atoms with Crippen LogP contribution in [0.5, 0.6) is 0 Å². The van der Waals surface area contributed by atoms with Gasteiger partial charge in [-0.25, -0.2) is 0 Å². The summed E-state index contributed by atoms with van der Waals surface area (Å²) in [5, 5.41) is 5.53. The molecular formula is C13H16N2O2. The number of rotatable bonds is 5. The van der Waals surface area contributed by atoms with E-state index in [1.807, 2.05) is 6.07 Å². The molecule has 90 valence electrons. The first-order chi connectivity index (χ1) is 8.22. The van der Waals surface area contributed by atoms with Crippen molar-refractivity contribution in [3.63, 3.8) is 0 Å². The lowest BCUT2D eigenvalue weighted by Crippen LogP contribution is -2.19. The molecule has 1 aliphatic heterocycles. The molecule has 0 unspecified atom stereocenters. The Labute approximate surface area is 100 Å². The number of imide groups is 1. The van der Waals surface area contributed by atoms with Gasteiger partial charge in [-0.2, -0.15) is 0 Å². The van der Waals surface area contributed by atoms with Crippen molar-refractivity contribution in [3.05, 3.63) is 29.3 Å². The number of fused-ring (bicyclic) bond motifs is 1. The number of amides is 2. The Balaban J connectivity index is 2.04. The summed E-state index contributed by atoms with van der Waals surface area (Å²) in [5.41, 5.74) is 1.83. The minimum atomic E-state index is -0.304. The molecule has 0 saturated carbocycles. The average Bonchev–Trinajstić information content (AvgIpc) is 2.61. The molecule has 0 bridgehead atoms. The van der Waals surface area contributed by atoms with Gasteiger partial charge in [0.15, 0.2) is 0 Å². The van der Waals surface area contributed by atoms with Crippen molar-refractivity contribution in [2.24, 2.45) is 0 Å². The molecule has 0 saturated heterocycles. The maximum absolute atomic E-state index is 11.4. The van der Waals surface area contributed by atoms with E-state index in [-0.39, 0.29) is 11.8 Å². The second-order valence-corrected chi connectivity index (χ2v) is 4.18. The molecule has 1 aromatic rings. The maximum atomic E-state index is 11.4. The van der Waals surface area contributed by atoms with Crippen LogP contribution in [-0.2, 0) is 0 Å². The molecule has 0 aromatic heterocycles. The highest BCUT2D eigenvalue weighted by atomic mass is 16.2. The van der Waals surface area contributed by atoms with Crippen LogP contribution in [-0.4, -0.2) is 18.4 Å². The highest BCUT2D eigenvalue weighted by Crippen LogP contribution is 2.20. The van der Waals surface area contributed by atoms with Gasteiger partial charge in [-0.15, -0.1) is 0 Å². The standard InChI is InChI=1S/C13H16N2O2/c1-2-3-4-7-14-9-5-6-10-11(8-9)13(17)15-12(10)16/h5-6,8,14H,2-4,7H2,1H3,(H,15,16,17). The van der Waals surface area contributed by atoms with Crippen molar-refractivity contribution in [2.75, 3.05) is 11.9 Å². The van der Waals surface area contributed by atoms with Gasteiger partial charge in [-0.1, -0.05) is 19.8 Å². The van der Waals surface area contributed by atoms with Gasteiger partial charge in [-0.3, -0.25) is 14.9 Å². The fraction of sp³-hybridized carbons (Fsp3) is 0.385. The SMILES string of the molecule is CCCCCNc1ccc2c(c1)C(=O)NC2=O. The van der Waals surface area contributed by atoms with Gasteiger partial charge >= 0.3 is 0 Å². The summed E-state index contributed by atoms with van der Waals surface area (Å²) in [5.74, 6) is -0.607. The molecule has 17 heavy (non-hydrogen) atoms. The van der Waals surface area contributed by atoms with Crippen molar-refractivity contribution >= 4 is 17.5 Å². The zero-order valence-electron chi connectivity index (χ0n) is 9.88. The summed E-state index contributed by atoms with van der Waals surface area (Å²) in [4.78, 5) is 22.8. The first-order valence-corrected chi connectivity index (χ1v) is 5.96. The average molecular weight is 232 g/mol. The number of hydrogen-bond acceptors (Lipinski definition) is 3. The van der Waals surface area contributed by atoms with Crippen LogP contribution in [0.15, 0.2) is 18.2 Å². The quantitative estimate of drug-likeness (QED) is 0.604. The van der Waals surface area contributed by atoms with Crippen molar-refractivity contribution in [2.45, 2.75) is 26.2 Å². The third-order valence-corrected chi connectivity index (χ3v) is 2.85. The summed E-state index contributed by atoms with van der Waals surface area (Å²) in [6.07, 6.45) is 3.48. The lowest BCUT2D eigenvalue weighted by Gasteiger charge is -2.06. The second kappa shape index (κ2) is 4.99. The van der Waals surface area contributed by atoms with E-state index in [0.29, 0.717) is 11.1 Å². The molecule has 2 rings (SSSR count). The predicted octanol–water partition coefficient (Wildman–Crippen LogP) is 2.17. The molecule has 4 heteroatoms. The van der Waals surface area contributed by atoms with Crippen molar-refractivity contribution in [1.82, 2.24) is 5.32 Å². The molecule has 1 aliphatic rings. The van der Waals surface area contributed by atoms with Crippen molar-refractivity contribution in [1.29, 1.82) is 0 Å². The zero-order valence-corrected chi connectivity index (χ0v) is 9.88.